The first-order valence-corrected chi connectivity index (χ1v) is 7.07. The second-order valence-corrected chi connectivity index (χ2v) is 5.13. The number of aromatic nitrogens is 3. The highest BCUT2D eigenvalue weighted by molar-refractivity contribution is 7.98. The van der Waals surface area contributed by atoms with Gasteiger partial charge in [0.2, 0.25) is 0 Å². The predicted molar refractivity (Wildman–Crippen MR) is 76.2 cm³/mol. The summed E-state index contributed by atoms with van der Waals surface area (Å²) in [4.78, 5) is 4.55. The van der Waals surface area contributed by atoms with Gasteiger partial charge in [-0.1, -0.05) is 29.8 Å². The molecule has 5 heteroatoms. The van der Waals surface area contributed by atoms with Crippen molar-refractivity contribution in [2.24, 2.45) is 0 Å². The molecular formula is C14H12N4S. The van der Waals surface area contributed by atoms with Gasteiger partial charge in [0.25, 0.3) is 0 Å². The molecule has 2 heterocycles. The van der Waals surface area contributed by atoms with Crippen molar-refractivity contribution in [1.82, 2.24) is 14.6 Å². The maximum atomic E-state index is 9.22. The largest absolute Gasteiger partial charge is 0.285 e. The SMILES string of the molecule is CSc1[nH]n2cc(-c3ccc(C)cc3)nc2c1C#N. The van der Waals surface area contributed by atoms with Crippen LogP contribution < -0.4 is 0 Å². The summed E-state index contributed by atoms with van der Waals surface area (Å²) in [6.07, 6.45) is 3.85. The minimum Gasteiger partial charge on any atom is -0.285 e. The Hall–Kier alpha value is -2.19. The van der Waals surface area contributed by atoms with Crippen molar-refractivity contribution in [1.29, 1.82) is 5.26 Å². The summed E-state index contributed by atoms with van der Waals surface area (Å²) >= 11 is 1.52. The second-order valence-electron chi connectivity index (χ2n) is 4.32. The third-order valence-corrected chi connectivity index (χ3v) is 3.75. The van der Waals surface area contributed by atoms with Crippen LogP contribution in [0.25, 0.3) is 16.9 Å². The highest BCUT2D eigenvalue weighted by Crippen LogP contribution is 2.26. The van der Waals surface area contributed by atoms with Crippen LogP contribution >= 0.6 is 11.8 Å². The average Bonchev–Trinajstić information content (AvgIpc) is 2.95. The molecule has 3 aromatic rings. The Morgan fingerprint density at radius 1 is 1.32 bits per heavy atom. The van der Waals surface area contributed by atoms with E-state index < -0.39 is 0 Å². The number of fused-ring (bicyclic) bond motifs is 1. The molecule has 0 saturated heterocycles. The van der Waals surface area contributed by atoms with Crippen LogP contribution in [-0.4, -0.2) is 20.9 Å². The molecular weight excluding hydrogens is 256 g/mol. The van der Waals surface area contributed by atoms with Crippen LogP contribution in [0.4, 0.5) is 0 Å². The van der Waals surface area contributed by atoms with Gasteiger partial charge in [-0.05, 0) is 13.2 Å². The molecule has 0 spiro atoms. The van der Waals surface area contributed by atoms with Crippen molar-refractivity contribution in [2.45, 2.75) is 11.9 Å². The van der Waals surface area contributed by atoms with E-state index in [2.05, 4.69) is 35.2 Å². The van der Waals surface area contributed by atoms with E-state index in [0.717, 1.165) is 16.3 Å². The van der Waals surface area contributed by atoms with Crippen molar-refractivity contribution in [3.8, 4) is 17.3 Å². The molecule has 4 nitrogen and oxygen atoms in total. The highest BCUT2D eigenvalue weighted by atomic mass is 32.2. The van der Waals surface area contributed by atoms with Gasteiger partial charge in [-0.3, -0.25) is 5.10 Å². The van der Waals surface area contributed by atoms with E-state index in [1.807, 2.05) is 24.6 Å². The Labute approximate surface area is 115 Å². The van der Waals surface area contributed by atoms with Crippen LogP contribution in [0, 0.1) is 18.3 Å². The third kappa shape index (κ3) is 1.90. The Bertz CT molecular complexity index is 774. The lowest BCUT2D eigenvalue weighted by Crippen LogP contribution is -1.81. The first-order chi connectivity index (χ1) is 9.22. The number of nitrogens with zero attached hydrogens (tertiary/aromatic N) is 3. The molecule has 0 saturated carbocycles. The van der Waals surface area contributed by atoms with E-state index in [4.69, 9.17) is 0 Å². The fraction of sp³-hybridized carbons (Fsp3) is 0.143. The number of thioether (sulfide) groups is 1. The summed E-state index contributed by atoms with van der Waals surface area (Å²) in [5, 5.41) is 13.2. The van der Waals surface area contributed by atoms with Crippen LogP contribution in [0.15, 0.2) is 35.5 Å². The highest BCUT2D eigenvalue weighted by Gasteiger charge is 2.14. The summed E-state index contributed by atoms with van der Waals surface area (Å²) in [6.45, 7) is 2.06. The molecule has 1 aromatic carbocycles. The number of imidazole rings is 1. The number of hydrogen-bond acceptors (Lipinski definition) is 3. The molecule has 19 heavy (non-hydrogen) atoms. The standard InChI is InChI=1S/C14H12N4S/c1-9-3-5-10(6-4-9)12-8-18-13(16-12)11(7-15)14(17-18)19-2/h3-6,8,17H,1-2H3. The van der Waals surface area contributed by atoms with E-state index >= 15 is 0 Å². The molecule has 0 radical (unpaired) electrons. The maximum Gasteiger partial charge on any atom is 0.172 e. The molecule has 0 aliphatic rings. The molecule has 0 bridgehead atoms. The van der Waals surface area contributed by atoms with E-state index in [0.29, 0.717) is 11.2 Å². The van der Waals surface area contributed by atoms with Crippen molar-refractivity contribution < 1.29 is 0 Å². The van der Waals surface area contributed by atoms with Gasteiger partial charge < -0.3 is 0 Å². The van der Waals surface area contributed by atoms with E-state index in [1.54, 1.807) is 4.52 Å². The number of aromatic amines is 1. The van der Waals surface area contributed by atoms with Gasteiger partial charge in [-0.25, -0.2) is 9.50 Å². The van der Waals surface area contributed by atoms with Crippen molar-refractivity contribution in [3.63, 3.8) is 0 Å². The van der Waals surface area contributed by atoms with Crippen molar-refractivity contribution in [2.75, 3.05) is 6.26 Å². The van der Waals surface area contributed by atoms with Gasteiger partial charge in [0.05, 0.1) is 11.9 Å². The van der Waals surface area contributed by atoms with Crippen LogP contribution in [0.1, 0.15) is 11.1 Å². The van der Waals surface area contributed by atoms with Gasteiger partial charge >= 0.3 is 0 Å². The van der Waals surface area contributed by atoms with Crippen molar-refractivity contribution in [3.05, 3.63) is 41.6 Å². The summed E-state index contributed by atoms with van der Waals surface area (Å²) in [5.41, 5.74) is 4.43. The van der Waals surface area contributed by atoms with E-state index in [9.17, 15) is 5.26 Å². The molecule has 0 aliphatic carbocycles. The summed E-state index contributed by atoms with van der Waals surface area (Å²) in [7, 11) is 0. The lowest BCUT2D eigenvalue weighted by atomic mass is 10.1. The molecule has 94 valence electrons. The van der Waals surface area contributed by atoms with Crippen LogP contribution in [-0.2, 0) is 0 Å². The number of aryl methyl sites for hydroxylation is 1. The molecule has 0 amide bonds. The first kappa shape index (κ1) is 11.9. The quantitative estimate of drug-likeness (QED) is 0.726. The number of nitriles is 1. The molecule has 3 rings (SSSR count). The molecule has 0 atom stereocenters. The van der Waals surface area contributed by atoms with Crippen LogP contribution in [0.3, 0.4) is 0 Å². The zero-order chi connectivity index (χ0) is 13.4. The Kier molecular flexibility index (Phi) is 2.80. The summed E-state index contributed by atoms with van der Waals surface area (Å²) in [6, 6.07) is 10.4. The normalized spacial score (nSPS) is 10.8. The van der Waals surface area contributed by atoms with Gasteiger partial charge in [-0.2, -0.15) is 5.26 Å². The number of rotatable bonds is 2. The number of hydrogen-bond donors (Lipinski definition) is 1. The van der Waals surface area contributed by atoms with Gasteiger partial charge in [0, 0.05) is 5.56 Å². The molecule has 1 N–H and O–H groups in total. The fourth-order valence-electron chi connectivity index (χ4n) is 2.02. The second kappa shape index (κ2) is 4.48. The van der Waals surface area contributed by atoms with Crippen molar-refractivity contribution >= 4 is 17.4 Å². The summed E-state index contributed by atoms with van der Waals surface area (Å²) in [5.74, 6) is 0. The fourth-order valence-corrected chi connectivity index (χ4v) is 2.55. The van der Waals surface area contributed by atoms with E-state index in [1.165, 1.54) is 17.3 Å². The van der Waals surface area contributed by atoms with Gasteiger partial charge in [0.1, 0.15) is 16.7 Å². The number of H-pyrrole nitrogens is 1. The van der Waals surface area contributed by atoms with Gasteiger partial charge in [0.15, 0.2) is 5.65 Å². The Balaban J connectivity index is 2.15. The van der Waals surface area contributed by atoms with Crippen LogP contribution in [0.5, 0.6) is 0 Å². The number of nitrogens with one attached hydrogen (secondary N) is 1. The molecule has 2 aromatic heterocycles. The zero-order valence-electron chi connectivity index (χ0n) is 10.6. The molecule has 0 aliphatic heterocycles. The average molecular weight is 268 g/mol. The molecule has 0 unspecified atom stereocenters. The third-order valence-electron chi connectivity index (χ3n) is 3.04. The zero-order valence-corrected chi connectivity index (χ0v) is 11.5. The lowest BCUT2D eigenvalue weighted by Gasteiger charge is -1.96. The summed E-state index contributed by atoms with van der Waals surface area (Å²) < 4.78 is 1.81. The van der Waals surface area contributed by atoms with E-state index in [-0.39, 0.29) is 0 Å². The minimum absolute atomic E-state index is 0.603. The van der Waals surface area contributed by atoms with Gasteiger partial charge in [-0.15, -0.1) is 11.8 Å². The Morgan fingerprint density at radius 2 is 2.05 bits per heavy atom. The number of benzene rings is 1. The first-order valence-electron chi connectivity index (χ1n) is 5.85. The predicted octanol–water partition coefficient (Wildman–Crippen LogP) is 3.23. The monoisotopic (exact) mass is 268 g/mol. The lowest BCUT2D eigenvalue weighted by molar-refractivity contribution is 0.910. The molecule has 0 fully saturated rings. The smallest absolute Gasteiger partial charge is 0.172 e. The van der Waals surface area contributed by atoms with Crippen LogP contribution in [0.2, 0.25) is 0 Å². The Morgan fingerprint density at radius 3 is 2.68 bits per heavy atom. The minimum atomic E-state index is 0.603. The maximum absolute atomic E-state index is 9.22. The topological polar surface area (TPSA) is 56.9 Å².